The van der Waals surface area contributed by atoms with E-state index in [1.165, 1.54) is 16.2 Å². The third kappa shape index (κ3) is 3.96. The zero-order chi connectivity index (χ0) is 16.3. The van der Waals surface area contributed by atoms with Crippen molar-refractivity contribution in [3.05, 3.63) is 50.1 Å². The molecule has 1 aromatic carbocycles. The molecule has 2 rings (SSSR count). The molecule has 1 aromatic heterocycles. The Hall–Kier alpha value is -1.66. The van der Waals surface area contributed by atoms with Gasteiger partial charge in [0, 0.05) is 12.7 Å². The molecule has 0 bridgehead atoms. The van der Waals surface area contributed by atoms with E-state index in [0.717, 1.165) is 20.6 Å². The normalized spacial score (nSPS) is 10.4. The lowest BCUT2D eigenvalue weighted by molar-refractivity contribution is -0.116. The minimum atomic E-state index is -0.208. The van der Waals surface area contributed by atoms with Crippen molar-refractivity contribution in [2.24, 2.45) is 0 Å². The summed E-state index contributed by atoms with van der Waals surface area (Å²) >= 11 is 4.68. The molecule has 0 radical (unpaired) electrons. The van der Waals surface area contributed by atoms with Gasteiger partial charge in [0.05, 0.1) is 15.2 Å². The van der Waals surface area contributed by atoms with Crippen LogP contribution in [0.1, 0.15) is 20.8 Å². The second kappa shape index (κ2) is 7.07. The second-order valence-corrected chi connectivity index (χ2v) is 7.52. The van der Waals surface area contributed by atoms with Crippen LogP contribution in [0.25, 0.3) is 0 Å². The summed E-state index contributed by atoms with van der Waals surface area (Å²) in [6.45, 7) is 3.97. The van der Waals surface area contributed by atoms with Crippen LogP contribution in [0.2, 0.25) is 0 Å². The van der Waals surface area contributed by atoms with E-state index < -0.39 is 0 Å². The van der Waals surface area contributed by atoms with Gasteiger partial charge >= 0.3 is 0 Å². The number of halogens is 1. The van der Waals surface area contributed by atoms with Crippen LogP contribution in [-0.4, -0.2) is 30.3 Å². The maximum Gasteiger partial charge on any atom is 0.264 e. The monoisotopic (exact) mass is 380 g/mol. The van der Waals surface area contributed by atoms with Crippen molar-refractivity contribution in [3.8, 4) is 0 Å². The van der Waals surface area contributed by atoms with Crippen LogP contribution in [0.15, 0.2) is 34.1 Å². The smallest absolute Gasteiger partial charge is 0.264 e. The van der Waals surface area contributed by atoms with Gasteiger partial charge < -0.3 is 10.2 Å². The van der Waals surface area contributed by atoms with Crippen LogP contribution in [0.4, 0.5) is 5.69 Å². The summed E-state index contributed by atoms with van der Waals surface area (Å²) in [5.41, 5.74) is 2.93. The van der Waals surface area contributed by atoms with Crippen LogP contribution < -0.4 is 5.32 Å². The number of amides is 2. The van der Waals surface area contributed by atoms with E-state index >= 15 is 0 Å². The topological polar surface area (TPSA) is 49.4 Å². The van der Waals surface area contributed by atoms with Gasteiger partial charge in [0.15, 0.2) is 0 Å². The highest BCUT2D eigenvalue weighted by Gasteiger charge is 2.17. The molecule has 2 aromatic rings. The molecule has 116 valence electrons. The molecule has 0 aliphatic rings. The number of nitrogens with zero attached hydrogens (tertiary/aromatic N) is 1. The molecule has 0 unspecified atom stereocenters. The molecule has 6 heteroatoms. The quantitative estimate of drug-likeness (QED) is 0.875. The minimum Gasteiger partial charge on any atom is -0.332 e. The Balaban J connectivity index is 1.99. The van der Waals surface area contributed by atoms with Crippen LogP contribution in [0.5, 0.6) is 0 Å². The van der Waals surface area contributed by atoms with E-state index in [1.807, 2.05) is 38.1 Å². The standard InChI is InChI=1S/C16H17BrN2O2S/c1-10-5-4-6-12(11(10)2)18-15(20)9-19(3)16(21)13-7-8-14(17)22-13/h4-8H,9H2,1-3H3,(H,18,20). The van der Waals surface area contributed by atoms with Crippen molar-refractivity contribution < 1.29 is 9.59 Å². The van der Waals surface area contributed by atoms with Crippen molar-refractivity contribution in [2.75, 3.05) is 18.9 Å². The maximum atomic E-state index is 12.2. The zero-order valence-electron chi connectivity index (χ0n) is 12.6. The van der Waals surface area contributed by atoms with Gasteiger partial charge in [-0.2, -0.15) is 0 Å². The Bertz CT molecular complexity index is 712. The first-order valence-electron chi connectivity index (χ1n) is 6.75. The van der Waals surface area contributed by atoms with Gasteiger partial charge in [0.25, 0.3) is 5.91 Å². The molecule has 0 fully saturated rings. The number of hydrogen-bond donors (Lipinski definition) is 1. The number of benzene rings is 1. The molecule has 0 aliphatic heterocycles. The molecule has 22 heavy (non-hydrogen) atoms. The number of aryl methyl sites for hydroxylation is 1. The van der Waals surface area contributed by atoms with Gasteiger partial charge in [0.2, 0.25) is 5.91 Å². The fourth-order valence-corrected chi connectivity index (χ4v) is 3.36. The number of thiophene rings is 1. The van der Waals surface area contributed by atoms with E-state index in [0.29, 0.717) is 4.88 Å². The summed E-state index contributed by atoms with van der Waals surface area (Å²) in [4.78, 5) is 26.3. The zero-order valence-corrected chi connectivity index (χ0v) is 15.0. The molecule has 0 atom stereocenters. The van der Waals surface area contributed by atoms with Crippen molar-refractivity contribution in [1.29, 1.82) is 0 Å². The summed E-state index contributed by atoms with van der Waals surface area (Å²) < 4.78 is 0.893. The summed E-state index contributed by atoms with van der Waals surface area (Å²) in [6, 6.07) is 9.32. The number of likely N-dealkylation sites (N-methyl/N-ethyl adjacent to an activating group) is 1. The number of anilines is 1. The Kier molecular flexibility index (Phi) is 5.37. The molecule has 4 nitrogen and oxygen atoms in total. The Labute approximate surface area is 142 Å². The summed E-state index contributed by atoms with van der Waals surface area (Å²) in [6.07, 6.45) is 0. The van der Waals surface area contributed by atoms with Crippen LogP contribution in [0.3, 0.4) is 0 Å². The van der Waals surface area contributed by atoms with E-state index in [4.69, 9.17) is 0 Å². The third-order valence-corrected chi connectivity index (χ3v) is 5.00. The van der Waals surface area contributed by atoms with Crippen LogP contribution >= 0.6 is 27.3 Å². The number of rotatable bonds is 4. The lowest BCUT2D eigenvalue weighted by atomic mass is 10.1. The van der Waals surface area contributed by atoms with Gasteiger partial charge in [0.1, 0.15) is 0 Å². The van der Waals surface area contributed by atoms with E-state index in [2.05, 4.69) is 21.2 Å². The van der Waals surface area contributed by atoms with Gasteiger partial charge in [-0.25, -0.2) is 0 Å². The van der Waals surface area contributed by atoms with Gasteiger partial charge in [-0.15, -0.1) is 11.3 Å². The first kappa shape index (κ1) is 16.7. The molecule has 0 aliphatic carbocycles. The molecular formula is C16H17BrN2O2S. The SMILES string of the molecule is Cc1cccc(NC(=O)CN(C)C(=O)c2ccc(Br)s2)c1C. The Morgan fingerprint density at radius 3 is 2.59 bits per heavy atom. The molecule has 0 spiro atoms. The average Bonchev–Trinajstić information content (AvgIpc) is 2.89. The fraction of sp³-hybridized carbons (Fsp3) is 0.250. The number of hydrogen-bond acceptors (Lipinski definition) is 3. The summed E-state index contributed by atoms with van der Waals surface area (Å²) in [7, 11) is 1.62. The second-order valence-electron chi connectivity index (χ2n) is 5.06. The van der Waals surface area contributed by atoms with E-state index in [-0.39, 0.29) is 18.4 Å². The van der Waals surface area contributed by atoms with Gasteiger partial charge in [-0.3, -0.25) is 9.59 Å². The predicted molar refractivity (Wildman–Crippen MR) is 93.5 cm³/mol. The van der Waals surface area contributed by atoms with E-state index in [9.17, 15) is 9.59 Å². The number of carbonyl (C=O) groups is 2. The fourth-order valence-electron chi connectivity index (χ4n) is 1.98. The highest BCUT2D eigenvalue weighted by atomic mass is 79.9. The van der Waals surface area contributed by atoms with Crippen molar-refractivity contribution in [2.45, 2.75) is 13.8 Å². The van der Waals surface area contributed by atoms with Crippen LogP contribution in [-0.2, 0) is 4.79 Å². The lowest BCUT2D eigenvalue weighted by Crippen LogP contribution is -2.34. The van der Waals surface area contributed by atoms with Crippen molar-refractivity contribution >= 4 is 44.8 Å². The first-order valence-corrected chi connectivity index (χ1v) is 8.36. The maximum absolute atomic E-state index is 12.2. The molecular weight excluding hydrogens is 364 g/mol. The highest BCUT2D eigenvalue weighted by molar-refractivity contribution is 9.11. The molecule has 0 saturated heterocycles. The highest BCUT2D eigenvalue weighted by Crippen LogP contribution is 2.23. The Morgan fingerprint density at radius 1 is 1.23 bits per heavy atom. The van der Waals surface area contributed by atoms with E-state index in [1.54, 1.807) is 13.1 Å². The lowest BCUT2D eigenvalue weighted by Gasteiger charge is -2.17. The van der Waals surface area contributed by atoms with Gasteiger partial charge in [-0.1, -0.05) is 12.1 Å². The van der Waals surface area contributed by atoms with Crippen molar-refractivity contribution in [3.63, 3.8) is 0 Å². The molecule has 1 N–H and O–H groups in total. The molecule has 2 amide bonds. The third-order valence-electron chi connectivity index (χ3n) is 3.39. The summed E-state index contributed by atoms with van der Waals surface area (Å²) in [5.74, 6) is -0.369. The molecule has 0 saturated carbocycles. The summed E-state index contributed by atoms with van der Waals surface area (Å²) in [5, 5.41) is 2.85. The molecule has 1 heterocycles. The first-order chi connectivity index (χ1) is 10.4. The number of carbonyl (C=O) groups excluding carboxylic acids is 2. The van der Waals surface area contributed by atoms with Crippen LogP contribution in [0, 0.1) is 13.8 Å². The minimum absolute atomic E-state index is 0.0156. The average molecular weight is 381 g/mol. The predicted octanol–water partition coefficient (Wildman–Crippen LogP) is 3.84. The van der Waals surface area contributed by atoms with Gasteiger partial charge in [-0.05, 0) is 59.1 Å². The number of nitrogens with one attached hydrogen (secondary N) is 1. The Morgan fingerprint density at radius 2 is 1.95 bits per heavy atom. The largest absolute Gasteiger partial charge is 0.332 e. The van der Waals surface area contributed by atoms with Crippen molar-refractivity contribution in [1.82, 2.24) is 4.90 Å².